The molecule has 0 fully saturated rings. The second-order valence-electron chi connectivity index (χ2n) is 14.0. The Balaban J connectivity index is 1.10. The summed E-state index contributed by atoms with van der Waals surface area (Å²) in [6.07, 6.45) is 2.16. The number of fused-ring (bicyclic) bond motifs is 12. The van der Waals surface area contributed by atoms with Crippen LogP contribution in [0.2, 0.25) is 0 Å². The summed E-state index contributed by atoms with van der Waals surface area (Å²) in [4.78, 5) is 0. The first kappa shape index (κ1) is 29.1. The predicted octanol–water partition coefficient (Wildman–Crippen LogP) is 11.5. The van der Waals surface area contributed by atoms with Gasteiger partial charge in [-0.2, -0.15) is 0 Å². The zero-order valence-corrected chi connectivity index (χ0v) is 28.4. The standard InChI is InChI=1S/C48H34N4/c49-42(34-22-21-30-11-4-5-14-32(30)25-34)28-43(31-12-2-1-3-13-31)50-29-51-44-19-8-6-15-35(44)39-24-23-33-26-41-38-18-10-17-37-36-16-7-9-20-45(36)52(48(37)38)46(41)27-40(33)47(39)51/h1-28,43,50H,29,49H2/b42-28-. The van der Waals surface area contributed by atoms with Crippen LogP contribution in [0.25, 0.3) is 87.1 Å². The molecular formula is C48H34N4. The summed E-state index contributed by atoms with van der Waals surface area (Å²) in [5.74, 6) is 0. The average molecular weight is 667 g/mol. The molecule has 4 nitrogen and oxygen atoms in total. The van der Waals surface area contributed by atoms with Gasteiger partial charge in [-0.25, -0.2) is 0 Å². The van der Waals surface area contributed by atoms with Crippen LogP contribution in [0, 0.1) is 0 Å². The van der Waals surface area contributed by atoms with E-state index in [2.05, 4.69) is 184 Å². The molecule has 3 N–H and O–H groups in total. The summed E-state index contributed by atoms with van der Waals surface area (Å²) in [6, 6.07) is 59.1. The highest BCUT2D eigenvalue weighted by Gasteiger charge is 2.20. The highest BCUT2D eigenvalue weighted by atomic mass is 15.1. The van der Waals surface area contributed by atoms with Crippen LogP contribution in [-0.2, 0) is 6.67 Å². The molecule has 0 aliphatic heterocycles. The maximum absolute atomic E-state index is 6.89. The van der Waals surface area contributed by atoms with Gasteiger partial charge in [0.1, 0.15) is 0 Å². The molecule has 0 radical (unpaired) electrons. The average Bonchev–Trinajstić information content (AvgIpc) is 3.83. The molecule has 3 aromatic heterocycles. The smallest absolute Gasteiger partial charge is 0.0739 e. The molecule has 0 saturated heterocycles. The van der Waals surface area contributed by atoms with E-state index in [4.69, 9.17) is 5.73 Å². The molecule has 0 aliphatic rings. The van der Waals surface area contributed by atoms with Crippen molar-refractivity contribution >= 4 is 87.1 Å². The molecule has 246 valence electrons. The lowest BCUT2D eigenvalue weighted by Gasteiger charge is -2.19. The van der Waals surface area contributed by atoms with Gasteiger partial charge in [-0.3, -0.25) is 5.32 Å². The molecule has 52 heavy (non-hydrogen) atoms. The van der Waals surface area contributed by atoms with Crippen LogP contribution in [0.3, 0.4) is 0 Å². The summed E-state index contributed by atoms with van der Waals surface area (Å²) in [5.41, 5.74) is 16.0. The quantitative estimate of drug-likeness (QED) is 0.186. The Hall–Kier alpha value is -6.62. The lowest BCUT2D eigenvalue weighted by Crippen LogP contribution is -2.23. The lowest BCUT2D eigenvalue weighted by atomic mass is 10.0. The third kappa shape index (κ3) is 4.25. The van der Waals surface area contributed by atoms with Crippen LogP contribution in [0.5, 0.6) is 0 Å². The summed E-state index contributed by atoms with van der Waals surface area (Å²) < 4.78 is 4.94. The second kappa shape index (κ2) is 11.2. The topological polar surface area (TPSA) is 47.4 Å². The monoisotopic (exact) mass is 666 g/mol. The van der Waals surface area contributed by atoms with Gasteiger partial charge < -0.3 is 14.7 Å². The number of para-hydroxylation sites is 3. The third-order valence-electron chi connectivity index (χ3n) is 11.1. The molecule has 11 aromatic rings. The van der Waals surface area contributed by atoms with Crippen molar-refractivity contribution in [2.24, 2.45) is 5.73 Å². The van der Waals surface area contributed by atoms with Crippen LogP contribution in [-0.4, -0.2) is 8.97 Å². The molecule has 8 aromatic carbocycles. The number of nitrogens with two attached hydrogens (primary N) is 1. The zero-order chi connectivity index (χ0) is 34.3. The van der Waals surface area contributed by atoms with Crippen LogP contribution >= 0.6 is 0 Å². The molecule has 1 unspecified atom stereocenters. The van der Waals surface area contributed by atoms with Crippen molar-refractivity contribution < 1.29 is 0 Å². The van der Waals surface area contributed by atoms with Gasteiger partial charge in [-0.05, 0) is 63.7 Å². The van der Waals surface area contributed by atoms with Crippen molar-refractivity contribution in [3.63, 3.8) is 0 Å². The number of hydrogen-bond donors (Lipinski definition) is 2. The molecule has 0 aliphatic carbocycles. The molecule has 0 saturated carbocycles. The van der Waals surface area contributed by atoms with E-state index in [0.29, 0.717) is 6.67 Å². The van der Waals surface area contributed by atoms with Gasteiger partial charge in [0.2, 0.25) is 0 Å². The Kier molecular flexibility index (Phi) is 6.27. The first-order valence-electron chi connectivity index (χ1n) is 18.0. The highest BCUT2D eigenvalue weighted by molar-refractivity contribution is 6.26. The molecule has 0 spiro atoms. The predicted molar refractivity (Wildman–Crippen MR) is 220 cm³/mol. The summed E-state index contributed by atoms with van der Waals surface area (Å²) in [6.45, 7) is 0.595. The normalized spacial score (nSPS) is 13.3. The van der Waals surface area contributed by atoms with Crippen molar-refractivity contribution in [3.8, 4) is 0 Å². The van der Waals surface area contributed by atoms with Crippen LogP contribution < -0.4 is 11.1 Å². The van der Waals surface area contributed by atoms with Crippen molar-refractivity contribution in [3.05, 3.63) is 181 Å². The molecule has 0 amide bonds. The molecule has 1 atom stereocenters. The van der Waals surface area contributed by atoms with Crippen molar-refractivity contribution in [1.82, 2.24) is 14.3 Å². The van der Waals surface area contributed by atoms with Crippen molar-refractivity contribution in [2.75, 3.05) is 0 Å². The Bertz CT molecular complexity index is 3200. The van der Waals surface area contributed by atoms with Crippen molar-refractivity contribution in [1.29, 1.82) is 0 Å². The van der Waals surface area contributed by atoms with Gasteiger partial charge in [-0.1, -0.05) is 133 Å². The largest absolute Gasteiger partial charge is 0.398 e. The van der Waals surface area contributed by atoms with E-state index in [1.54, 1.807) is 0 Å². The first-order chi connectivity index (χ1) is 25.7. The minimum Gasteiger partial charge on any atom is -0.398 e. The summed E-state index contributed by atoms with van der Waals surface area (Å²) >= 11 is 0. The highest BCUT2D eigenvalue weighted by Crippen LogP contribution is 2.42. The number of rotatable bonds is 6. The number of nitrogens with zero attached hydrogens (tertiary/aromatic N) is 2. The maximum atomic E-state index is 6.89. The number of benzene rings is 8. The van der Waals surface area contributed by atoms with Crippen LogP contribution in [0.15, 0.2) is 170 Å². The third-order valence-corrected chi connectivity index (χ3v) is 11.1. The van der Waals surface area contributed by atoms with E-state index in [9.17, 15) is 0 Å². The Labute approximate surface area is 299 Å². The first-order valence-corrected chi connectivity index (χ1v) is 18.0. The number of hydrogen-bond acceptors (Lipinski definition) is 2. The van der Waals surface area contributed by atoms with E-state index in [0.717, 1.165) is 16.8 Å². The van der Waals surface area contributed by atoms with E-state index < -0.39 is 0 Å². The van der Waals surface area contributed by atoms with Gasteiger partial charge >= 0.3 is 0 Å². The lowest BCUT2D eigenvalue weighted by molar-refractivity contribution is 0.537. The summed E-state index contributed by atoms with van der Waals surface area (Å²) in [7, 11) is 0. The van der Waals surface area contributed by atoms with Gasteiger partial charge in [0.05, 0.1) is 40.3 Å². The Morgan fingerprint density at radius 1 is 0.500 bits per heavy atom. The molecule has 4 heteroatoms. The Morgan fingerprint density at radius 3 is 2.00 bits per heavy atom. The molecule has 11 rings (SSSR count). The molecule has 0 bridgehead atoms. The molecule has 3 heterocycles. The van der Waals surface area contributed by atoms with Crippen molar-refractivity contribution in [2.45, 2.75) is 12.7 Å². The fourth-order valence-electron chi connectivity index (χ4n) is 8.73. The zero-order valence-electron chi connectivity index (χ0n) is 28.4. The van der Waals surface area contributed by atoms with Gasteiger partial charge in [0, 0.05) is 43.4 Å². The van der Waals surface area contributed by atoms with Gasteiger partial charge in [0.15, 0.2) is 0 Å². The minimum absolute atomic E-state index is 0.114. The number of nitrogens with one attached hydrogen (secondary N) is 1. The maximum Gasteiger partial charge on any atom is 0.0739 e. The number of aromatic nitrogens is 2. The fourth-order valence-corrected chi connectivity index (χ4v) is 8.73. The van der Waals surface area contributed by atoms with E-state index in [1.165, 1.54) is 81.4 Å². The van der Waals surface area contributed by atoms with Gasteiger partial charge in [0.25, 0.3) is 0 Å². The second-order valence-corrected chi connectivity index (χ2v) is 14.0. The van der Waals surface area contributed by atoms with E-state index in [1.807, 2.05) is 0 Å². The van der Waals surface area contributed by atoms with Gasteiger partial charge in [-0.15, -0.1) is 0 Å². The molecular weight excluding hydrogens is 633 g/mol. The van der Waals surface area contributed by atoms with Crippen LogP contribution in [0.1, 0.15) is 17.2 Å². The SMILES string of the molecule is N/C(=C\C(NCn1c2ccccc2c2ccc3cc4c5cccc6c7ccccc7n(c4cc3c21)c65)c1ccccc1)c1ccc2ccccc2c1. The van der Waals surface area contributed by atoms with E-state index in [-0.39, 0.29) is 6.04 Å². The minimum atomic E-state index is -0.114. The Morgan fingerprint density at radius 2 is 1.15 bits per heavy atom. The fraction of sp³-hybridized carbons (Fsp3) is 0.0417. The summed E-state index contributed by atoms with van der Waals surface area (Å²) in [5, 5.41) is 16.5. The van der Waals surface area contributed by atoms with E-state index >= 15 is 0 Å². The van der Waals surface area contributed by atoms with Crippen LogP contribution in [0.4, 0.5) is 0 Å².